The lowest BCUT2D eigenvalue weighted by molar-refractivity contribution is 0.214. The zero-order chi connectivity index (χ0) is 27.0. The predicted molar refractivity (Wildman–Crippen MR) is 160 cm³/mol. The number of hydrogen-bond acceptors (Lipinski definition) is 0. The maximum atomic E-state index is 2.46. The van der Waals surface area contributed by atoms with Crippen molar-refractivity contribution in [1.82, 2.24) is 0 Å². The van der Waals surface area contributed by atoms with Gasteiger partial charge in [-0.05, 0) is 73.0 Å². The van der Waals surface area contributed by atoms with Crippen LogP contribution in [0.5, 0.6) is 0 Å². The molecule has 1 aliphatic rings. The number of allylic oxidation sites excluding steroid dienone is 2. The summed E-state index contributed by atoms with van der Waals surface area (Å²) in [5.41, 5.74) is 0.641. The van der Waals surface area contributed by atoms with Crippen LogP contribution in [0.4, 0.5) is 0 Å². The number of rotatable bonds is 9. The van der Waals surface area contributed by atoms with E-state index in [1.165, 1.54) is 51.4 Å². The highest BCUT2D eigenvalue weighted by Crippen LogP contribution is 2.45. The van der Waals surface area contributed by atoms with Gasteiger partial charge in [0.1, 0.15) is 0 Å². The van der Waals surface area contributed by atoms with Crippen LogP contribution >= 0.6 is 0 Å². The lowest BCUT2D eigenvalue weighted by Gasteiger charge is -2.29. The van der Waals surface area contributed by atoms with Crippen molar-refractivity contribution < 1.29 is 0 Å². The average molecular weight is 469 g/mol. The molecule has 0 aliphatic heterocycles. The van der Waals surface area contributed by atoms with Gasteiger partial charge in [-0.3, -0.25) is 0 Å². The third kappa shape index (κ3) is 26.2. The molecular formula is C33H72. The van der Waals surface area contributed by atoms with Gasteiger partial charge in [-0.15, -0.1) is 0 Å². The largest absolute Gasteiger partial charge is 0.0857 e. The minimum atomic E-state index is 0.641. The molecule has 0 aromatic carbocycles. The summed E-state index contributed by atoms with van der Waals surface area (Å²) in [6.45, 7) is 35.6. The highest BCUT2D eigenvalue weighted by atomic mass is 14.4. The molecule has 0 radical (unpaired) electrons. The van der Waals surface area contributed by atoms with Crippen LogP contribution < -0.4 is 0 Å². The van der Waals surface area contributed by atoms with Crippen molar-refractivity contribution in [3.8, 4) is 0 Å². The van der Waals surface area contributed by atoms with Crippen molar-refractivity contribution in [3.05, 3.63) is 12.2 Å². The van der Waals surface area contributed by atoms with E-state index < -0.39 is 0 Å². The van der Waals surface area contributed by atoms with E-state index in [-0.39, 0.29) is 0 Å². The molecule has 0 nitrogen and oxygen atoms in total. The first-order valence-electron chi connectivity index (χ1n) is 15.1. The lowest BCUT2D eigenvalue weighted by Crippen LogP contribution is -2.19. The van der Waals surface area contributed by atoms with Crippen LogP contribution in [0.15, 0.2) is 12.2 Å². The summed E-state index contributed by atoms with van der Waals surface area (Å²) in [4.78, 5) is 0. The Hall–Kier alpha value is -0.260. The smallest absolute Gasteiger partial charge is 0.0239 e. The van der Waals surface area contributed by atoms with E-state index in [4.69, 9.17) is 0 Å². The highest BCUT2D eigenvalue weighted by molar-refractivity contribution is 4.89. The Morgan fingerprint density at radius 2 is 1.21 bits per heavy atom. The van der Waals surface area contributed by atoms with Crippen LogP contribution in [-0.2, 0) is 0 Å². The maximum absolute atomic E-state index is 2.46. The van der Waals surface area contributed by atoms with E-state index in [0.717, 1.165) is 29.6 Å². The van der Waals surface area contributed by atoms with Gasteiger partial charge in [0, 0.05) is 0 Å². The molecule has 0 aromatic rings. The Morgan fingerprint density at radius 1 is 0.758 bits per heavy atom. The molecular weight excluding hydrogens is 396 g/mol. The van der Waals surface area contributed by atoms with Crippen LogP contribution in [0.25, 0.3) is 0 Å². The van der Waals surface area contributed by atoms with Crippen molar-refractivity contribution >= 4 is 0 Å². The summed E-state index contributed by atoms with van der Waals surface area (Å²) in [6, 6.07) is 0. The quantitative estimate of drug-likeness (QED) is 0.295. The van der Waals surface area contributed by atoms with Gasteiger partial charge in [-0.1, -0.05) is 142 Å². The second-order valence-corrected chi connectivity index (χ2v) is 11.4. The van der Waals surface area contributed by atoms with Crippen LogP contribution in [-0.4, -0.2) is 0 Å². The molecule has 1 aliphatic carbocycles. The monoisotopic (exact) mass is 469 g/mol. The van der Waals surface area contributed by atoms with Gasteiger partial charge >= 0.3 is 0 Å². The predicted octanol–water partition coefficient (Wildman–Crippen LogP) is 12.6. The van der Waals surface area contributed by atoms with Gasteiger partial charge in [-0.2, -0.15) is 0 Å². The van der Waals surface area contributed by atoms with Gasteiger partial charge < -0.3 is 0 Å². The molecule has 0 bridgehead atoms. The third-order valence-corrected chi connectivity index (χ3v) is 7.10. The van der Waals surface area contributed by atoms with Crippen molar-refractivity contribution in [2.24, 2.45) is 40.9 Å². The van der Waals surface area contributed by atoms with E-state index >= 15 is 0 Å². The minimum absolute atomic E-state index is 0.641. The third-order valence-electron chi connectivity index (χ3n) is 7.10. The first-order chi connectivity index (χ1) is 15.4. The molecule has 0 heteroatoms. The minimum Gasteiger partial charge on any atom is -0.0857 e. The normalized spacial score (nSPS) is 17.5. The summed E-state index contributed by atoms with van der Waals surface area (Å²) in [7, 11) is 0. The van der Waals surface area contributed by atoms with Gasteiger partial charge in [0.05, 0.1) is 0 Å². The summed E-state index contributed by atoms with van der Waals surface area (Å²) < 4.78 is 0. The van der Waals surface area contributed by atoms with E-state index in [0.29, 0.717) is 11.3 Å². The Balaban J connectivity index is -0.000000187. The van der Waals surface area contributed by atoms with E-state index in [1.807, 2.05) is 27.7 Å². The lowest BCUT2D eigenvalue weighted by atomic mass is 9.77. The zero-order valence-electron chi connectivity index (χ0n) is 26.8. The fourth-order valence-electron chi connectivity index (χ4n) is 3.87. The molecule has 1 fully saturated rings. The molecule has 204 valence electrons. The van der Waals surface area contributed by atoms with Crippen molar-refractivity contribution in [2.75, 3.05) is 0 Å². The SMILES string of the molecule is CC.CC.CC(C)C(C)C.CCC(/C=C\C(C)C)CC.CCCC(C)CC1CCCC1(C)C. The second-order valence-electron chi connectivity index (χ2n) is 11.4. The molecule has 2 atom stereocenters. The van der Waals surface area contributed by atoms with Crippen molar-refractivity contribution in [1.29, 1.82) is 0 Å². The average Bonchev–Trinajstić information content (AvgIpc) is 3.10. The highest BCUT2D eigenvalue weighted by Gasteiger charge is 2.34. The molecule has 1 rings (SSSR count). The first kappa shape index (κ1) is 39.9. The standard InChI is InChI=1S/C13H26.C10H20.C6H14.2C2H6/c1-5-7-11(2)10-12-8-6-9-13(12,3)4;1-5-10(6-2)8-7-9(3)4;1-5(2)6(3)4;2*1-2/h11-12H,5-10H2,1-4H3;7-10H,5-6H2,1-4H3;5-6H,1-4H3;2*1-2H3/b;8-7-;;;. The molecule has 0 saturated heterocycles. The van der Waals surface area contributed by atoms with Gasteiger partial charge in [0.2, 0.25) is 0 Å². The van der Waals surface area contributed by atoms with Crippen molar-refractivity contribution in [3.63, 3.8) is 0 Å². The van der Waals surface area contributed by atoms with Gasteiger partial charge in [0.25, 0.3) is 0 Å². The summed E-state index contributed by atoms with van der Waals surface area (Å²) >= 11 is 0. The number of hydrogen-bond donors (Lipinski definition) is 0. The van der Waals surface area contributed by atoms with Crippen LogP contribution in [0.3, 0.4) is 0 Å². The zero-order valence-corrected chi connectivity index (χ0v) is 26.8. The fourth-order valence-corrected chi connectivity index (χ4v) is 3.87. The molecule has 1 saturated carbocycles. The molecule has 0 heterocycles. The Labute approximate surface area is 215 Å². The van der Waals surface area contributed by atoms with Crippen molar-refractivity contribution in [2.45, 2.75) is 162 Å². The molecule has 0 aromatic heterocycles. The summed E-state index contributed by atoms with van der Waals surface area (Å²) in [5, 5.41) is 0. The Morgan fingerprint density at radius 3 is 1.48 bits per heavy atom. The van der Waals surface area contributed by atoms with Gasteiger partial charge in [0.15, 0.2) is 0 Å². The molecule has 0 spiro atoms. The van der Waals surface area contributed by atoms with E-state index in [2.05, 4.69) is 95.2 Å². The van der Waals surface area contributed by atoms with Crippen LogP contribution in [0.2, 0.25) is 0 Å². The van der Waals surface area contributed by atoms with Crippen LogP contribution in [0, 0.1) is 40.9 Å². The first-order valence-corrected chi connectivity index (χ1v) is 15.1. The molecule has 33 heavy (non-hydrogen) atoms. The fraction of sp³-hybridized carbons (Fsp3) is 0.939. The molecule has 2 unspecified atom stereocenters. The summed E-state index contributed by atoms with van der Waals surface area (Å²) in [5.74, 6) is 5.18. The second kappa shape index (κ2) is 26.3. The topological polar surface area (TPSA) is 0 Å². The Bertz CT molecular complexity index is 361. The maximum Gasteiger partial charge on any atom is -0.0239 e. The van der Waals surface area contributed by atoms with E-state index in [9.17, 15) is 0 Å². The Kier molecular flexibility index (Phi) is 31.9. The molecule has 0 amide bonds. The molecule has 0 N–H and O–H groups in total. The van der Waals surface area contributed by atoms with Gasteiger partial charge in [-0.25, -0.2) is 0 Å². The summed E-state index contributed by atoms with van der Waals surface area (Å²) in [6.07, 6.45) is 15.9. The van der Waals surface area contributed by atoms with Crippen LogP contribution in [0.1, 0.15) is 162 Å². The van der Waals surface area contributed by atoms with E-state index in [1.54, 1.807) is 0 Å².